The fourth-order valence-corrected chi connectivity index (χ4v) is 3.29. The van der Waals surface area contributed by atoms with E-state index < -0.39 is 6.10 Å². The quantitative estimate of drug-likeness (QED) is 0.748. The van der Waals surface area contributed by atoms with E-state index in [0.717, 1.165) is 5.56 Å². The number of nitrogens with one attached hydrogen (secondary N) is 1. The number of rotatable bonds is 7. The highest BCUT2D eigenvalue weighted by Gasteiger charge is 2.32. The summed E-state index contributed by atoms with van der Waals surface area (Å²) in [7, 11) is 3.16. The predicted molar refractivity (Wildman–Crippen MR) is 110 cm³/mol. The van der Waals surface area contributed by atoms with Gasteiger partial charge in [-0.25, -0.2) is 0 Å². The maximum atomic E-state index is 12.5. The van der Waals surface area contributed by atoms with Crippen molar-refractivity contribution in [2.24, 2.45) is 0 Å². The second-order valence-electron chi connectivity index (χ2n) is 6.59. The van der Waals surface area contributed by atoms with E-state index in [9.17, 15) is 9.59 Å². The number of hydrogen-bond acceptors (Lipinski definition) is 5. The van der Waals surface area contributed by atoms with E-state index in [2.05, 4.69) is 5.32 Å². The lowest BCUT2D eigenvalue weighted by molar-refractivity contribution is -0.128. The first-order chi connectivity index (χ1) is 13.9. The van der Waals surface area contributed by atoms with E-state index in [0.29, 0.717) is 40.9 Å². The number of fused-ring (bicyclic) bond motifs is 1. The molecule has 0 bridgehead atoms. The molecule has 8 heteroatoms. The normalized spacial score (nSPS) is 15.4. The highest BCUT2D eigenvalue weighted by Crippen LogP contribution is 2.36. The molecule has 0 aromatic heterocycles. The van der Waals surface area contributed by atoms with Gasteiger partial charge in [0.1, 0.15) is 12.3 Å². The summed E-state index contributed by atoms with van der Waals surface area (Å²) < 4.78 is 16.1. The molecular formula is C21H23ClN2O5. The van der Waals surface area contributed by atoms with Gasteiger partial charge in [-0.2, -0.15) is 0 Å². The Morgan fingerprint density at radius 1 is 1.17 bits per heavy atom. The minimum Gasteiger partial charge on any atom is -0.493 e. The van der Waals surface area contributed by atoms with Crippen molar-refractivity contribution in [2.45, 2.75) is 19.4 Å². The van der Waals surface area contributed by atoms with Gasteiger partial charge in [-0.1, -0.05) is 17.7 Å². The highest BCUT2D eigenvalue weighted by atomic mass is 35.5. The molecule has 0 aliphatic carbocycles. The Bertz CT molecular complexity index is 918. The molecule has 0 radical (unpaired) electrons. The lowest BCUT2D eigenvalue weighted by Crippen LogP contribution is -2.49. The molecule has 7 nitrogen and oxygen atoms in total. The zero-order valence-corrected chi connectivity index (χ0v) is 17.3. The standard InChI is InChI=1S/C21H23ClN2O5/c1-13-21(26)24(16-11-15(22)5-7-17(16)29-13)12-20(25)23-9-8-14-4-6-18(27-2)19(10-14)28-3/h4-7,10-11,13H,8-9,12H2,1-3H3,(H,23,25). The van der Waals surface area contributed by atoms with Crippen LogP contribution in [0.1, 0.15) is 12.5 Å². The average Bonchev–Trinajstić information content (AvgIpc) is 2.71. The fraction of sp³-hybridized carbons (Fsp3) is 0.333. The summed E-state index contributed by atoms with van der Waals surface area (Å²) in [6, 6.07) is 10.6. The summed E-state index contributed by atoms with van der Waals surface area (Å²) in [5, 5.41) is 3.31. The van der Waals surface area contributed by atoms with E-state index in [4.69, 9.17) is 25.8 Å². The molecule has 2 amide bonds. The van der Waals surface area contributed by atoms with Crippen LogP contribution in [0, 0.1) is 0 Å². The maximum absolute atomic E-state index is 12.5. The van der Waals surface area contributed by atoms with Crippen LogP contribution in [0.15, 0.2) is 36.4 Å². The average molecular weight is 419 g/mol. The predicted octanol–water partition coefficient (Wildman–Crippen LogP) is 2.83. The van der Waals surface area contributed by atoms with Gasteiger partial charge in [0.15, 0.2) is 17.6 Å². The van der Waals surface area contributed by atoms with Gasteiger partial charge in [0.25, 0.3) is 5.91 Å². The van der Waals surface area contributed by atoms with Crippen LogP contribution in [-0.2, 0) is 16.0 Å². The van der Waals surface area contributed by atoms with E-state index >= 15 is 0 Å². The van der Waals surface area contributed by atoms with Gasteiger partial charge >= 0.3 is 0 Å². The third-order valence-corrected chi connectivity index (χ3v) is 4.85. The smallest absolute Gasteiger partial charge is 0.268 e. The number of ether oxygens (including phenoxy) is 3. The second kappa shape index (κ2) is 9.05. The van der Waals surface area contributed by atoms with Crippen molar-refractivity contribution in [2.75, 3.05) is 32.2 Å². The molecule has 1 heterocycles. The van der Waals surface area contributed by atoms with Gasteiger partial charge in [-0.05, 0) is 49.2 Å². The number of methoxy groups -OCH3 is 2. The lowest BCUT2D eigenvalue weighted by atomic mass is 10.1. The van der Waals surface area contributed by atoms with Crippen molar-refractivity contribution < 1.29 is 23.8 Å². The molecule has 2 aromatic rings. The third kappa shape index (κ3) is 4.74. The van der Waals surface area contributed by atoms with Gasteiger partial charge in [0.2, 0.25) is 5.91 Å². The van der Waals surface area contributed by atoms with Crippen LogP contribution >= 0.6 is 11.6 Å². The number of benzene rings is 2. The van der Waals surface area contributed by atoms with Crippen LogP contribution in [0.5, 0.6) is 17.2 Å². The summed E-state index contributed by atoms with van der Waals surface area (Å²) >= 11 is 6.05. The van der Waals surface area contributed by atoms with Crippen molar-refractivity contribution >= 4 is 29.1 Å². The Hall–Kier alpha value is -2.93. The summed E-state index contributed by atoms with van der Waals surface area (Å²) in [6.45, 7) is 1.97. The molecule has 2 aromatic carbocycles. The number of amides is 2. The highest BCUT2D eigenvalue weighted by molar-refractivity contribution is 6.31. The molecule has 1 N–H and O–H groups in total. The molecule has 1 atom stereocenters. The maximum Gasteiger partial charge on any atom is 0.268 e. The van der Waals surface area contributed by atoms with Gasteiger partial charge in [-0.15, -0.1) is 0 Å². The molecule has 0 saturated heterocycles. The molecule has 1 aliphatic rings. The first-order valence-corrected chi connectivity index (χ1v) is 9.56. The van der Waals surface area contributed by atoms with Gasteiger partial charge in [0, 0.05) is 11.6 Å². The molecular weight excluding hydrogens is 396 g/mol. The number of carbonyl (C=O) groups is 2. The molecule has 0 saturated carbocycles. The zero-order valence-electron chi connectivity index (χ0n) is 16.5. The number of carbonyl (C=O) groups excluding carboxylic acids is 2. The fourth-order valence-electron chi connectivity index (χ4n) is 3.13. The number of hydrogen-bond donors (Lipinski definition) is 1. The molecule has 3 rings (SSSR count). The SMILES string of the molecule is COc1ccc(CCNC(=O)CN2C(=O)C(C)Oc3ccc(Cl)cc32)cc1OC. The van der Waals surface area contributed by atoms with Crippen molar-refractivity contribution in [3.63, 3.8) is 0 Å². The Labute approximate surface area is 174 Å². The van der Waals surface area contributed by atoms with Gasteiger partial charge < -0.3 is 19.5 Å². The van der Waals surface area contributed by atoms with Crippen LogP contribution in [0.3, 0.4) is 0 Å². The Morgan fingerprint density at radius 3 is 2.66 bits per heavy atom. The van der Waals surface area contributed by atoms with E-state index in [-0.39, 0.29) is 18.4 Å². The van der Waals surface area contributed by atoms with E-state index in [1.165, 1.54) is 4.90 Å². The van der Waals surface area contributed by atoms with E-state index in [1.54, 1.807) is 39.3 Å². The summed E-state index contributed by atoms with van der Waals surface area (Å²) in [5.41, 5.74) is 1.49. The van der Waals surface area contributed by atoms with Crippen molar-refractivity contribution in [1.82, 2.24) is 5.32 Å². The number of anilines is 1. The molecule has 0 fully saturated rings. The van der Waals surface area contributed by atoms with Crippen molar-refractivity contribution in [3.8, 4) is 17.2 Å². The van der Waals surface area contributed by atoms with Crippen LogP contribution < -0.4 is 24.4 Å². The number of nitrogens with zero attached hydrogens (tertiary/aromatic N) is 1. The summed E-state index contributed by atoms with van der Waals surface area (Å²) in [6.07, 6.45) is -0.0506. The van der Waals surface area contributed by atoms with Crippen molar-refractivity contribution in [1.29, 1.82) is 0 Å². The van der Waals surface area contributed by atoms with Crippen LogP contribution in [-0.4, -0.2) is 45.2 Å². The third-order valence-electron chi connectivity index (χ3n) is 4.61. The van der Waals surface area contributed by atoms with Gasteiger partial charge in [-0.3, -0.25) is 14.5 Å². The second-order valence-corrected chi connectivity index (χ2v) is 7.02. The minimum atomic E-state index is -0.664. The van der Waals surface area contributed by atoms with Crippen molar-refractivity contribution in [3.05, 3.63) is 47.0 Å². The van der Waals surface area contributed by atoms with Crippen LogP contribution in [0.4, 0.5) is 5.69 Å². The molecule has 29 heavy (non-hydrogen) atoms. The molecule has 154 valence electrons. The van der Waals surface area contributed by atoms with Crippen LogP contribution in [0.2, 0.25) is 5.02 Å². The largest absolute Gasteiger partial charge is 0.493 e. The topological polar surface area (TPSA) is 77.1 Å². The lowest BCUT2D eigenvalue weighted by Gasteiger charge is -2.32. The summed E-state index contributed by atoms with van der Waals surface area (Å²) in [5.74, 6) is 1.27. The van der Waals surface area contributed by atoms with E-state index in [1.807, 2.05) is 18.2 Å². The minimum absolute atomic E-state index is 0.105. The Morgan fingerprint density at radius 2 is 1.93 bits per heavy atom. The zero-order chi connectivity index (χ0) is 21.0. The summed E-state index contributed by atoms with van der Waals surface area (Å²) in [4.78, 5) is 26.4. The number of halogens is 1. The Balaban J connectivity index is 1.61. The monoisotopic (exact) mass is 418 g/mol. The Kier molecular flexibility index (Phi) is 6.49. The molecule has 1 aliphatic heterocycles. The van der Waals surface area contributed by atoms with Crippen LogP contribution in [0.25, 0.3) is 0 Å². The first-order valence-electron chi connectivity index (χ1n) is 9.18. The molecule has 1 unspecified atom stereocenters. The molecule has 0 spiro atoms. The first kappa shape index (κ1) is 20.8. The van der Waals surface area contributed by atoms with Gasteiger partial charge in [0.05, 0.1) is 19.9 Å².